The van der Waals surface area contributed by atoms with Crippen LogP contribution >= 0.6 is 0 Å². The summed E-state index contributed by atoms with van der Waals surface area (Å²) in [5, 5.41) is 13.4. The molecule has 0 aromatic heterocycles. The van der Waals surface area contributed by atoms with Crippen LogP contribution in [0.4, 0.5) is 0 Å². The highest BCUT2D eigenvalue weighted by molar-refractivity contribution is 7.85. The molecule has 0 rings (SSSR count). The zero-order valence-corrected chi connectivity index (χ0v) is 33.7. The van der Waals surface area contributed by atoms with E-state index in [0.717, 1.165) is 38.5 Å². The van der Waals surface area contributed by atoms with E-state index in [1.165, 1.54) is 180 Å². The van der Waals surface area contributed by atoms with Crippen molar-refractivity contribution in [2.75, 3.05) is 5.75 Å². The van der Waals surface area contributed by atoms with Gasteiger partial charge >= 0.3 is 0 Å². The van der Waals surface area contributed by atoms with Gasteiger partial charge in [-0.2, -0.15) is 8.42 Å². The van der Waals surface area contributed by atoms with Crippen LogP contribution in [0, 0.1) is 0 Å². The zero-order chi connectivity index (χ0) is 36.1. The molecule has 0 saturated heterocycles. The van der Waals surface area contributed by atoms with Gasteiger partial charge in [0.15, 0.2) is 0 Å². The molecule has 0 aliphatic rings. The smallest absolute Gasteiger partial charge is 0.266 e. The Morgan fingerprint density at radius 2 is 0.735 bits per heavy atom. The van der Waals surface area contributed by atoms with E-state index >= 15 is 0 Å². The first-order valence-corrected chi connectivity index (χ1v) is 23.3. The molecule has 0 spiro atoms. The number of aliphatic hydroxyl groups is 1. The predicted molar refractivity (Wildman–Crippen MR) is 212 cm³/mol. The van der Waals surface area contributed by atoms with E-state index in [0.29, 0.717) is 12.8 Å². The number of amides is 1. The van der Waals surface area contributed by atoms with Crippen LogP contribution in [0.25, 0.3) is 0 Å². The number of carbonyl (C=O) groups is 1. The van der Waals surface area contributed by atoms with Crippen LogP contribution < -0.4 is 5.32 Å². The summed E-state index contributed by atoms with van der Waals surface area (Å²) in [6.45, 7) is 4.53. The maximum Gasteiger partial charge on any atom is 0.266 e. The standard InChI is InChI=1S/C42H85NO5S/c1-3-5-7-9-11-13-15-17-18-19-20-21-22-23-24-26-28-30-32-34-36-38-42(45)43-40(39-49(46,47)48)41(44)37-35-33-31-29-27-25-16-14-12-10-8-6-4-2/h40-41,44H,3-39H2,1-2H3,(H,43,45)(H,46,47,48). The minimum atomic E-state index is -4.30. The lowest BCUT2D eigenvalue weighted by Crippen LogP contribution is -2.47. The number of hydrogen-bond acceptors (Lipinski definition) is 4. The van der Waals surface area contributed by atoms with Gasteiger partial charge in [0.05, 0.1) is 17.9 Å². The quantitative estimate of drug-likeness (QED) is 0.0433. The molecule has 0 radical (unpaired) electrons. The Morgan fingerprint density at radius 3 is 1.02 bits per heavy atom. The van der Waals surface area contributed by atoms with Crippen molar-refractivity contribution in [1.29, 1.82) is 0 Å². The van der Waals surface area contributed by atoms with Crippen LogP contribution in [-0.4, -0.2) is 41.9 Å². The molecule has 7 heteroatoms. The SMILES string of the molecule is CCCCCCCCCCCCCCCCCCCCCCCC(=O)NC(CS(=O)(=O)O)C(O)CCCCCCCCCCCCCCC. The molecule has 0 aromatic carbocycles. The van der Waals surface area contributed by atoms with Crippen LogP contribution in [-0.2, 0) is 14.9 Å². The van der Waals surface area contributed by atoms with E-state index in [1.807, 2.05) is 0 Å². The average molecular weight is 716 g/mol. The van der Waals surface area contributed by atoms with Gasteiger partial charge in [0.1, 0.15) is 0 Å². The Balaban J connectivity index is 3.75. The number of rotatable bonds is 40. The van der Waals surface area contributed by atoms with Crippen molar-refractivity contribution in [2.45, 2.75) is 257 Å². The third-order valence-corrected chi connectivity index (χ3v) is 11.1. The summed E-state index contributed by atoms with van der Waals surface area (Å²) in [7, 11) is -4.30. The van der Waals surface area contributed by atoms with Gasteiger partial charge in [-0.15, -0.1) is 0 Å². The fourth-order valence-corrected chi connectivity index (χ4v) is 7.80. The maximum absolute atomic E-state index is 12.5. The first-order chi connectivity index (χ1) is 23.8. The van der Waals surface area contributed by atoms with E-state index in [4.69, 9.17) is 0 Å². The fourth-order valence-electron chi connectivity index (χ4n) is 7.04. The predicted octanol–water partition coefficient (Wildman–Crippen LogP) is 12.8. The van der Waals surface area contributed by atoms with Crippen LogP contribution in [0.1, 0.15) is 245 Å². The molecule has 0 aliphatic heterocycles. The van der Waals surface area contributed by atoms with Crippen LogP contribution in [0.5, 0.6) is 0 Å². The van der Waals surface area contributed by atoms with Gasteiger partial charge in [0, 0.05) is 6.42 Å². The second-order valence-corrected chi connectivity index (χ2v) is 16.8. The van der Waals surface area contributed by atoms with Crippen molar-refractivity contribution in [3.63, 3.8) is 0 Å². The summed E-state index contributed by atoms with van der Waals surface area (Å²) in [6, 6.07) is -0.963. The van der Waals surface area contributed by atoms with Gasteiger partial charge in [-0.25, -0.2) is 0 Å². The Hall–Kier alpha value is -0.660. The number of carbonyl (C=O) groups excluding carboxylic acids is 1. The molecule has 1 amide bonds. The molecule has 0 bridgehead atoms. The largest absolute Gasteiger partial charge is 0.391 e. The van der Waals surface area contributed by atoms with Crippen LogP contribution in [0.2, 0.25) is 0 Å². The van der Waals surface area contributed by atoms with Gasteiger partial charge in [0.2, 0.25) is 5.91 Å². The molecule has 0 saturated carbocycles. The molecule has 2 atom stereocenters. The van der Waals surface area contributed by atoms with Gasteiger partial charge < -0.3 is 10.4 Å². The third kappa shape index (κ3) is 38.4. The second kappa shape index (κ2) is 37.1. The van der Waals surface area contributed by atoms with E-state index in [-0.39, 0.29) is 5.91 Å². The summed E-state index contributed by atoms with van der Waals surface area (Å²) in [6.07, 6.45) is 43.4. The molecular formula is C42H85NO5S. The Labute approximate surface area is 306 Å². The number of nitrogens with one attached hydrogen (secondary N) is 1. The highest BCUT2D eigenvalue weighted by atomic mass is 32.2. The first kappa shape index (κ1) is 48.3. The second-order valence-electron chi connectivity index (χ2n) is 15.3. The van der Waals surface area contributed by atoms with Crippen molar-refractivity contribution in [2.24, 2.45) is 0 Å². The summed E-state index contributed by atoms with van der Waals surface area (Å²) < 4.78 is 32.5. The summed E-state index contributed by atoms with van der Waals surface area (Å²) in [4.78, 5) is 12.5. The van der Waals surface area contributed by atoms with E-state index in [2.05, 4.69) is 19.2 Å². The van der Waals surface area contributed by atoms with Gasteiger partial charge in [-0.1, -0.05) is 226 Å². The third-order valence-electron chi connectivity index (χ3n) is 10.3. The van der Waals surface area contributed by atoms with E-state index in [1.54, 1.807) is 0 Å². The number of hydrogen-bond donors (Lipinski definition) is 3. The molecule has 0 fully saturated rings. The highest BCUT2D eigenvalue weighted by Gasteiger charge is 2.26. The summed E-state index contributed by atoms with van der Waals surface area (Å²) in [5.74, 6) is -0.881. The zero-order valence-electron chi connectivity index (χ0n) is 32.8. The van der Waals surface area contributed by atoms with Gasteiger partial charge in [0.25, 0.3) is 10.1 Å². The van der Waals surface area contributed by atoms with E-state index < -0.39 is 28.0 Å². The minimum absolute atomic E-state index is 0.240. The lowest BCUT2D eigenvalue weighted by Gasteiger charge is -2.23. The van der Waals surface area contributed by atoms with Crippen molar-refractivity contribution < 1.29 is 22.9 Å². The normalized spacial score (nSPS) is 13.1. The molecular weight excluding hydrogens is 631 g/mol. The Bertz CT molecular complexity index is 790. The molecule has 3 N–H and O–H groups in total. The van der Waals surface area contributed by atoms with Crippen LogP contribution in [0.15, 0.2) is 0 Å². The van der Waals surface area contributed by atoms with E-state index in [9.17, 15) is 22.9 Å². The lowest BCUT2D eigenvalue weighted by molar-refractivity contribution is -0.122. The highest BCUT2D eigenvalue weighted by Crippen LogP contribution is 2.17. The minimum Gasteiger partial charge on any atom is -0.391 e. The molecule has 0 aromatic rings. The lowest BCUT2D eigenvalue weighted by atomic mass is 10.0. The van der Waals surface area contributed by atoms with Gasteiger partial charge in [-0.05, 0) is 12.8 Å². The topological polar surface area (TPSA) is 104 Å². The van der Waals surface area contributed by atoms with Crippen molar-refractivity contribution >= 4 is 16.0 Å². The van der Waals surface area contributed by atoms with Crippen LogP contribution in [0.3, 0.4) is 0 Å². The molecule has 6 nitrogen and oxygen atoms in total. The Kier molecular flexibility index (Phi) is 36.6. The molecule has 294 valence electrons. The molecule has 0 aliphatic carbocycles. The number of unbranched alkanes of at least 4 members (excludes halogenated alkanes) is 32. The fraction of sp³-hybridized carbons (Fsp3) is 0.976. The van der Waals surface area contributed by atoms with Crippen molar-refractivity contribution in [3.05, 3.63) is 0 Å². The average Bonchev–Trinajstić information content (AvgIpc) is 3.06. The van der Waals surface area contributed by atoms with Crippen molar-refractivity contribution in [1.82, 2.24) is 5.32 Å². The molecule has 2 unspecified atom stereocenters. The first-order valence-electron chi connectivity index (χ1n) is 21.7. The number of aliphatic hydroxyl groups excluding tert-OH is 1. The van der Waals surface area contributed by atoms with Gasteiger partial charge in [-0.3, -0.25) is 9.35 Å². The Morgan fingerprint density at radius 1 is 0.469 bits per heavy atom. The maximum atomic E-state index is 12.5. The van der Waals surface area contributed by atoms with Crippen molar-refractivity contribution in [3.8, 4) is 0 Å². The molecule has 49 heavy (non-hydrogen) atoms. The summed E-state index contributed by atoms with van der Waals surface area (Å²) >= 11 is 0. The summed E-state index contributed by atoms with van der Waals surface area (Å²) in [5.41, 5.74) is 0. The molecule has 0 heterocycles. The monoisotopic (exact) mass is 716 g/mol.